The number of unbranched alkanes of at least 4 members (excludes halogenated alkanes) is 5. The predicted molar refractivity (Wildman–Crippen MR) is 157 cm³/mol. The zero-order chi connectivity index (χ0) is 28.1. The van der Waals surface area contributed by atoms with Crippen LogP contribution in [0.2, 0.25) is 0 Å². The fraction of sp³-hybridized carbons (Fsp3) is 0.448. The normalized spacial score (nSPS) is 15.9. The molecular weight excluding hydrogens is 536 g/mol. The molecule has 39 heavy (non-hydrogen) atoms. The Balaban J connectivity index is 1.77. The molecule has 0 aliphatic carbocycles. The highest BCUT2D eigenvalue weighted by molar-refractivity contribution is 8.19. The number of hydrogen-bond donors (Lipinski definition) is 0. The van der Waals surface area contributed by atoms with E-state index in [9.17, 15) is 13.2 Å². The van der Waals surface area contributed by atoms with Crippen molar-refractivity contribution in [2.24, 2.45) is 4.40 Å². The van der Waals surface area contributed by atoms with Crippen LogP contribution >= 0.6 is 11.8 Å². The summed E-state index contributed by atoms with van der Waals surface area (Å²) in [4.78, 5) is 15.1. The number of carbonyl (C=O) groups is 1. The van der Waals surface area contributed by atoms with Crippen LogP contribution in [0.1, 0.15) is 57.4 Å². The second-order valence-corrected chi connectivity index (χ2v) is 11.7. The molecule has 1 saturated heterocycles. The summed E-state index contributed by atoms with van der Waals surface area (Å²) in [6, 6.07) is 13.5. The Morgan fingerprint density at radius 2 is 1.67 bits per heavy atom. The summed E-state index contributed by atoms with van der Waals surface area (Å²) in [5, 5.41) is 0.122. The number of rotatable bonds is 16. The summed E-state index contributed by atoms with van der Waals surface area (Å²) >= 11 is 1.04. The Morgan fingerprint density at radius 3 is 2.38 bits per heavy atom. The number of sulfonamides is 1. The Kier molecular flexibility index (Phi) is 12.4. The number of hydrogen-bond acceptors (Lipinski definition) is 7. The van der Waals surface area contributed by atoms with Gasteiger partial charge < -0.3 is 14.2 Å². The van der Waals surface area contributed by atoms with Crippen LogP contribution in [0.15, 0.2) is 62.7 Å². The number of nitrogens with zero attached hydrogens (tertiary/aromatic N) is 2. The first-order valence-corrected chi connectivity index (χ1v) is 15.6. The fourth-order valence-electron chi connectivity index (χ4n) is 4.00. The molecule has 0 atom stereocenters. The van der Waals surface area contributed by atoms with Crippen molar-refractivity contribution in [3.8, 4) is 11.5 Å². The number of methoxy groups -OCH3 is 2. The molecule has 3 rings (SSSR count). The van der Waals surface area contributed by atoms with Crippen molar-refractivity contribution in [1.29, 1.82) is 0 Å². The number of amidine groups is 1. The van der Waals surface area contributed by atoms with Crippen molar-refractivity contribution in [2.45, 2.75) is 56.8 Å². The van der Waals surface area contributed by atoms with Gasteiger partial charge in [-0.2, -0.15) is 8.42 Å². The molecule has 0 aromatic heterocycles. The Hall–Kier alpha value is -2.82. The highest BCUT2D eigenvalue weighted by atomic mass is 32.2. The maximum Gasteiger partial charge on any atom is 0.284 e. The maximum absolute atomic E-state index is 13.3. The molecule has 0 radical (unpaired) electrons. The lowest BCUT2D eigenvalue weighted by atomic mass is 10.1. The maximum atomic E-state index is 13.3. The number of amides is 1. The molecule has 2 aromatic carbocycles. The second kappa shape index (κ2) is 15.7. The average Bonchev–Trinajstić information content (AvgIpc) is 3.22. The molecule has 0 bridgehead atoms. The minimum Gasteiger partial charge on any atom is -0.493 e. The zero-order valence-electron chi connectivity index (χ0n) is 22.9. The Bertz CT molecular complexity index is 1250. The van der Waals surface area contributed by atoms with E-state index in [4.69, 9.17) is 14.2 Å². The highest BCUT2D eigenvalue weighted by Crippen LogP contribution is 2.36. The quantitative estimate of drug-likeness (QED) is 0.176. The molecule has 10 heteroatoms. The smallest absolute Gasteiger partial charge is 0.284 e. The number of thioether (sulfide) groups is 1. The van der Waals surface area contributed by atoms with Crippen LogP contribution in [0.25, 0.3) is 6.08 Å². The molecule has 1 heterocycles. The largest absolute Gasteiger partial charge is 0.493 e. The third-order valence-electron chi connectivity index (χ3n) is 6.10. The van der Waals surface area contributed by atoms with Gasteiger partial charge in [-0.3, -0.25) is 9.69 Å². The van der Waals surface area contributed by atoms with E-state index in [2.05, 4.69) is 11.3 Å². The van der Waals surface area contributed by atoms with E-state index in [1.54, 1.807) is 38.5 Å². The van der Waals surface area contributed by atoms with Crippen molar-refractivity contribution in [3.63, 3.8) is 0 Å². The van der Waals surface area contributed by atoms with Gasteiger partial charge in [0.2, 0.25) is 0 Å². The van der Waals surface area contributed by atoms with Gasteiger partial charge in [-0.15, -0.1) is 4.40 Å². The third kappa shape index (κ3) is 9.12. The minimum absolute atomic E-state index is 0.0705. The lowest BCUT2D eigenvalue weighted by molar-refractivity contribution is -0.122. The highest BCUT2D eigenvalue weighted by Gasteiger charge is 2.34. The van der Waals surface area contributed by atoms with Crippen molar-refractivity contribution in [2.75, 3.05) is 34.0 Å². The van der Waals surface area contributed by atoms with Crippen molar-refractivity contribution >= 4 is 38.9 Å². The van der Waals surface area contributed by atoms with Gasteiger partial charge in [0.1, 0.15) is 0 Å². The molecule has 212 valence electrons. The van der Waals surface area contributed by atoms with E-state index < -0.39 is 10.0 Å². The topological polar surface area (TPSA) is 94.5 Å². The average molecular weight is 575 g/mol. The number of ether oxygens (including phenoxy) is 3. The van der Waals surface area contributed by atoms with Crippen LogP contribution in [0.5, 0.6) is 11.5 Å². The molecule has 0 spiro atoms. The van der Waals surface area contributed by atoms with Gasteiger partial charge in [0.15, 0.2) is 16.7 Å². The fourth-order valence-corrected chi connectivity index (χ4v) is 6.23. The molecule has 0 unspecified atom stereocenters. The van der Waals surface area contributed by atoms with E-state index in [1.807, 2.05) is 18.2 Å². The SMILES string of the molecule is CCCCCCCCOc1ccc(/C=C2\SC(=NS(=O)(=O)c3ccccc3)N(CCCOC)C2=O)cc1OC. The van der Waals surface area contributed by atoms with Crippen molar-refractivity contribution in [1.82, 2.24) is 4.90 Å². The molecule has 1 aliphatic rings. The van der Waals surface area contributed by atoms with Crippen LogP contribution in [-0.2, 0) is 19.6 Å². The van der Waals surface area contributed by atoms with Crippen LogP contribution < -0.4 is 9.47 Å². The third-order valence-corrected chi connectivity index (χ3v) is 8.50. The van der Waals surface area contributed by atoms with Gasteiger partial charge in [-0.25, -0.2) is 0 Å². The first-order valence-electron chi connectivity index (χ1n) is 13.3. The first kappa shape index (κ1) is 30.7. The Morgan fingerprint density at radius 1 is 0.923 bits per heavy atom. The Labute approximate surface area is 236 Å². The molecule has 2 aromatic rings. The standard InChI is InChI=1S/C29H38N2O6S2/c1-4-5-6-7-8-12-20-37-25-17-16-23(21-26(25)36-3)22-27-28(32)31(18-13-19-35-2)29(38-27)30-39(33,34)24-14-10-9-11-15-24/h9-11,14-17,21-22H,4-8,12-13,18-20H2,1-3H3/b27-22-,30-29?. The van der Waals surface area contributed by atoms with Crippen LogP contribution in [0.3, 0.4) is 0 Å². The molecule has 8 nitrogen and oxygen atoms in total. The lowest BCUT2D eigenvalue weighted by Gasteiger charge is -2.15. The summed E-state index contributed by atoms with van der Waals surface area (Å²) < 4.78 is 46.5. The van der Waals surface area contributed by atoms with E-state index >= 15 is 0 Å². The molecule has 0 saturated carbocycles. The van der Waals surface area contributed by atoms with E-state index in [1.165, 1.54) is 42.7 Å². The van der Waals surface area contributed by atoms with Crippen LogP contribution in [-0.4, -0.2) is 58.4 Å². The van der Waals surface area contributed by atoms with Gasteiger partial charge in [-0.1, -0.05) is 63.3 Å². The van der Waals surface area contributed by atoms with Gasteiger partial charge in [-0.05, 0) is 60.5 Å². The van der Waals surface area contributed by atoms with E-state index in [-0.39, 0.29) is 22.5 Å². The van der Waals surface area contributed by atoms with Crippen molar-refractivity contribution < 1.29 is 27.4 Å². The minimum atomic E-state index is -3.98. The number of carbonyl (C=O) groups excluding carboxylic acids is 1. The van der Waals surface area contributed by atoms with Crippen molar-refractivity contribution in [3.05, 3.63) is 59.0 Å². The zero-order valence-corrected chi connectivity index (χ0v) is 24.6. The van der Waals surface area contributed by atoms with Gasteiger partial charge in [0.25, 0.3) is 15.9 Å². The number of benzene rings is 2. The van der Waals surface area contributed by atoms with Crippen LogP contribution in [0, 0.1) is 0 Å². The van der Waals surface area contributed by atoms with E-state index in [0.29, 0.717) is 36.0 Å². The van der Waals surface area contributed by atoms with Gasteiger partial charge in [0.05, 0.1) is 23.5 Å². The predicted octanol–water partition coefficient (Wildman–Crippen LogP) is 6.13. The first-order chi connectivity index (χ1) is 18.9. The van der Waals surface area contributed by atoms with Crippen LogP contribution in [0.4, 0.5) is 0 Å². The molecule has 1 aliphatic heterocycles. The molecular formula is C29H38N2O6S2. The summed E-state index contributed by atoms with van der Waals surface area (Å²) in [6.45, 7) is 3.54. The van der Waals surface area contributed by atoms with Gasteiger partial charge in [0, 0.05) is 20.3 Å². The summed E-state index contributed by atoms with van der Waals surface area (Å²) in [7, 11) is -0.825. The second-order valence-electron chi connectivity index (χ2n) is 9.10. The van der Waals surface area contributed by atoms with Gasteiger partial charge >= 0.3 is 0 Å². The monoisotopic (exact) mass is 574 g/mol. The summed E-state index contributed by atoms with van der Waals surface area (Å²) in [5.74, 6) is 0.916. The molecule has 0 N–H and O–H groups in total. The van der Waals surface area contributed by atoms with E-state index in [0.717, 1.165) is 30.2 Å². The molecule has 1 amide bonds. The molecule has 1 fully saturated rings. The summed E-state index contributed by atoms with van der Waals surface area (Å²) in [5.41, 5.74) is 0.735. The summed E-state index contributed by atoms with van der Waals surface area (Å²) in [6.07, 6.45) is 9.35. The lowest BCUT2D eigenvalue weighted by Crippen LogP contribution is -2.31.